The van der Waals surface area contributed by atoms with Gasteiger partial charge < -0.3 is 15.1 Å². The molecule has 1 N–H and O–H groups in total. The topological polar surface area (TPSA) is 31.4 Å². The van der Waals surface area contributed by atoms with Crippen LogP contribution >= 0.6 is 23.8 Å². The molecule has 0 aliphatic rings. The number of benzene rings is 1. The molecule has 24 heavy (non-hydrogen) atoms. The second kappa shape index (κ2) is 8.97. The highest BCUT2D eigenvalue weighted by Crippen LogP contribution is 2.24. The van der Waals surface area contributed by atoms with E-state index in [-0.39, 0.29) is 6.04 Å². The first-order chi connectivity index (χ1) is 11.5. The zero-order valence-corrected chi connectivity index (χ0v) is 15.8. The first-order valence-corrected chi connectivity index (χ1v) is 8.64. The highest BCUT2D eigenvalue weighted by molar-refractivity contribution is 7.80. The van der Waals surface area contributed by atoms with Crippen molar-refractivity contribution in [1.29, 1.82) is 0 Å². The maximum Gasteiger partial charge on any atom is 0.174 e. The Kier molecular flexibility index (Phi) is 6.97. The Balaban J connectivity index is 2.18. The largest absolute Gasteiger partial charge is 0.341 e. The van der Waals surface area contributed by atoms with Crippen molar-refractivity contribution in [2.24, 2.45) is 0 Å². The number of hydrogen-bond acceptors (Lipinski definition) is 3. The van der Waals surface area contributed by atoms with Crippen molar-refractivity contribution in [1.82, 2.24) is 14.8 Å². The molecular weight excluding hydrogens is 340 g/mol. The molecule has 1 heterocycles. The molecule has 0 aliphatic heterocycles. The standard InChI is InChI=1S/C18H23ClN4S/c1-14(15-7-6-10-20-13-15)23(12-11-22(2)3)18(24)21-17-9-5-4-8-16(17)19/h4-10,13-14H,11-12H2,1-3H3,(H,21,24)/t14-/m1/s1. The first-order valence-electron chi connectivity index (χ1n) is 7.86. The lowest BCUT2D eigenvalue weighted by molar-refractivity contribution is 0.289. The summed E-state index contributed by atoms with van der Waals surface area (Å²) in [5, 5.41) is 4.58. The van der Waals surface area contributed by atoms with E-state index < -0.39 is 0 Å². The lowest BCUT2D eigenvalue weighted by Crippen LogP contribution is -2.41. The van der Waals surface area contributed by atoms with Crippen molar-refractivity contribution in [2.75, 3.05) is 32.5 Å². The Morgan fingerprint density at radius 3 is 2.58 bits per heavy atom. The van der Waals surface area contributed by atoms with E-state index in [0.717, 1.165) is 24.3 Å². The SMILES string of the molecule is C[C@H](c1cccnc1)N(CCN(C)C)C(=S)Nc1ccccc1Cl. The van der Waals surface area contributed by atoms with E-state index in [9.17, 15) is 0 Å². The molecule has 0 aliphatic carbocycles. The summed E-state index contributed by atoms with van der Waals surface area (Å²) in [5.74, 6) is 0. The van der Waals surface area contributed by atoms with Gasteiger partial charge in [0.1, 0.15) is 0 Å². The lowest BCUT2D eigenvalue weighted by Gasteiger charge is -2.33. The molecule has 0 spiro atoms. The number of aromatic nitrogens is 1. The van der Waals surface area contributed by atoms with E-state index >= 15 is 0 Å². The molecule has 1 aromatic heterocycles. The second-order valence-electron chi connectivity index (χ2n) is 5.87. The van der Waals surface area contributed by atoms with Gasteiger partial charge in [-0.05, 0) is 57.0 Å². The molecule has 1 aromatic carbocycles. The fraction of sp³-hybridized carbons (Fsp3) is 0.333. The van der Waals surface area contributed by atoms with E-state index in [1.807, 2.05) is 36.5 Å². The van der Waals surface area contributed by atoms with E-state index in [0.29, 0.717) is 10.1 Å². The summed E-state index contributed by atoms with van der Waals surface area (Å²) in [6.45, 7) is 3.83. The maximum absolute atomic E-state index is 6.24. The lowest BCUT2D eigenvalue weighted by atomic mass is 10.1. The van der Waals surface area contributed by atoms with E-state index in [4.69, 9.17) is 23.8 Å². The molecule has 1 atom stereocenters. The van der Waals surface area contributed by atoms with Gasteiger partial charge in [0, 0.05) is 25.5 Å². The normalized spacial score (nSPS) is 12.0. The molecule has 0 amide bonds. The maximum atomic E-state index is 6.24. The Morgan fingerprint density at radius 1 is 1.21 bits per heavy atom. The van der Waals surface area contributed by atoms with Crippen LogP contribution in [0.5, 0.6) is 0 Å². The van der Waals surface area contributed by atoms with E-state index in [2.05, 4.69) is 47.2 Å². The number of likely N-dealkylation sites (N-methyl/N-ethyl adjacent to an activating group) is 1. The fourth-order valence-corrected chi connectivity index (χ4v) is 2.87. The molecule has 2 aromatic rings. The van der Waals surface area contributed by atoms with Gasteiger partial charge in [0.2, 0.25) is 0 Å². The average molecular weight is 363 g/mol. The predicted molar refractivity (Wildman–Crippen MR) is 106 cm³/mol. The molecule has 128 valence electrons. The minimum absolute atomic E-state index is 0.112. The Hall–Kier alpha value is -1.69. The second-order valence-corrected chi connectivity index (χ2v) is 6.66. The number of rotatable bonds is 6. The molecular formula is C18H23ClN4S. The average Bonchev–Trinajstić information content (AvgIpc) is 2.57. The molecule has 4 nitrogen and oxygen atoms in total. The van der Waals surface area contributed by atoms with Gasteiger partial charge in [-0.2, -0.15) is 0 Å². The molecule has 0 bridgehead atoms. The number of hydrogen-bond donors (Lipinski definition) is 1. The van der Waals surface area contributed by atoms with E-state index in [1.54, 1.807) is 6.20 Å². The minimum Gasteiger partial charge on any atom is -0.341 e. The van der Waals surface area contributed by atoms with Crippen LogP contribution in [-0.2, 0) is 0 Å². The van der Waals surface area contributed by atoms with Crippen LogP contribution in [0.2, 0.25) is 5.02 Å². The minimum atomic E-state index is 0.112. The number of nitrogens with zero attached hydrogens (tertiary/aromatic N) is 3. The molecule has 0 fully saturated rings. The van der Waals surface area contributed by atoms with Crippen molar-refractivity contribution in [3.8, 4) is 0 Å². The zero-order valence-electron chi connectivity index (χ0n) is 14.2. The monoisotopic (exact) mass is 362 g/mol. The van der Waals surface area contributed by atoms with Crippen molar-refractivity contribution >= 4 is 34.6 Å². The molecule has 6 heteroatoms. The van der Waals surface area contributed by atoms with Crippen LogP contribution < -0.4 is 5.32 Å². The zero-order chi connectivity index (χ0) is 17.5. The fourth-order valence-electron chi connectivity index (χ4n) is 2.33. The third-order valence-corrected chi connectivity index (χ3v) is 4.46. The highest BCUT2D eigenvalue weighted by atomic mass is 35.5. The van der Waals surface area contributed by atoms with Gasteiger partial charge in [0.05, 0.1) is 16.8 Å². The summed E-state index contributed by atoms with van der Waals surface area (Å²) >= 11 is 11.9. The summed E-state index contributed by atoms with van der Waals surface area (Å²) < 4.78 is 0. The van der Waals surface area contributed by atoms with Crippen LogP contribution in [-0.4, -0.2) is 47.1 Å². The molecule has 0 saturated heterocycles. The van der Waals surface area contributed by atoms with Gasteiger partial charge in [-0.3, -0.25) is 4.98 Å². The summed E-state index contributed by atoms with van der Waals surface area (Å²) in [5.41, 5.74) is 1.94. The quantitative estimate of drug-likeness (QED) is 0.783. The molecule has 0 saturated carbocycles. The Labute approximate surface area is 154 Å². The Bertz CT molecular complexity index is 663. The van der Waals surface area contributed by atoms with Gasteiger partial charge in [-0.25, -0.2) is 0 Å². The van der Waals surface area contributed by atoms with Crippen LogP contribution in [0.4, 0.5) is 5.69 Å². The summed E-state index contributed by atoms with van der Waals surface area (Å²) in [4.78, 5) is 8.52. The van der Waals surface area contributed by atoms with Crippen molar-refractivity contribution in [3.63, 3.8) is 0 Å². The van der Waals surface area contributed by atoms with Crippen LogP contribution in [0.3, 0.4) is 0 Å². The molecule has 0 unspecified atom stereocenters. The van der Waals surface area contributed by atoms with Crippen molar-refractivity contribution < 1.29 is 0 Å². The third-order valence-electron chi connectivity index (χ3n) is 3.80. The number of para-hydroxylation sites is 1. The van der Waals surface area contributed by atoms with Gasteiger partial charge in [0.15, 0.2) is 5.11 Å². The predicted octanol–water partition coefficient (Wildman–Crippen LogP) is 4.06. The van der Waals surface area contributed by atoms with Crippen LogP contribution in [0.1, 0.15) is 18.5 Å². The number of nitrogens with one attached hydrogen (secondary N) is 1. The number of anilines is 1. The van der Waals surface area contributed by atoms with Gasteiger partial charge in [-0.1, -0.05) is 29.8 Å². The molecule has 0 radical (unpaired) electrons. The first kappa shape index (κ1) is 18.6. The number of halogens is 1. The van der Waals surface area contributed by atoms with Crippen LogP contribution in [0.25, 0.3) is 0 Å². The molecule has 2 rings (SSSR count). The van der Waals surface area contributed by atoms with Crippen LogP contribution in [0.15, 0.2) is 48.8 Å². The van der Waals surface area contributed by atoms with Gasteiger partial charge in [-0.15, -0.1) is 0 Å². The van der Waals surface area contributed by atoms with Crippen LogP contribution in [0, 0.1) is 0 Å². The number of thiocarbonyl (C=S) groups is 1. The van der Waals surface area contributed by atoms with Gasteiger partial charge >= 0.3 is 0 Å². The van der Waals surface area contributed by atoms with Gasteiger partial charge in [0.25, 0.3) is 0 Å². The summed E-state index contributed by atoms with van der Waals surface area (Å²) in [7, 11) is 4.11. The van der Waals surface area contributed by atoms with Crippen molar-refractivity contribution in [2.45, 2.75) is 13.0 Å². The highest BCUT2D eigenvalue weighted by Gasteiger charge is 2.19. The third kappa shape index (κ3) is 5.16. The summed E-state index contributed by atoms with van der Waals surface area (Å²) in [6, 6.07) is 11.7. The Morgan fingerprint density at radius 2 is 1.96 bits per heavy atom. The van der Waals surface area contributed by atoms with E-state index in [1.165, 1.54) is 0 Å². The smallest absolute Gasteiger partial charge is 0.174 e. The summed E-state index contributed by atoms with van der Waals surface area (Å²) in [6.07, 6.45) is 3.66. The number of pyridine rings is 1. The van der Waals surface area contributed by atoms with Crippen molar-refractivity contribution in [3.05, 3.63) is 59.4 Å².